The molecule has 0 radical (unpaired) electrons. The molecule has 0 saturated carbocycles. The predicted molar refractivity (Wildman–Crippen MR) is 66.2 cm³/mol. The summed E-state index contributed by atoms with van der Waals surface area (Å²) in [6.45, 7) is 2.42. The zero-order valence-corrected chi connectivity index (χ0v) is 10.6. The summed E-state index contributed by atoms with van der Waals surface area (Å²) in [7, 11) is 1.39. The minimum Gasteiger partial charge on any atom is -0.496 e. The summed E-state index contributed by atoms with van der Waals surface area (Å²) in [6, 6.07) is 4.25. The monoisotopic (exact) mass is 255 g/mol. The van der Waals surface area contributed by atoms with Gasteiger partial charge >= 0.3 is 0 Å². The number of methoxy groups -OCH3 is 1. The van der Waals surface area contributed by atoms with E-state index in [0.717, 1.165) is 6.42 Å². The number of carbonyl (C=O) groups is 1. The molecule has 1 aromatic carbocycles. The van der Waals surface area contributed by atoms with Crippen LogP contribution in [0.1, 0.15) is 23.7 Å². The Labute approximate surface area is 106 Å². The van der Waals surface area contributed by atoms with Crippen LogP contribution in [-0.4, -0.2) is 42.7 Å². The quantitative estimate of drug-likeness (QED) is 0.841. The Hall–Kier alpha value is -1.62. The molecule has 0 aliphatic heterocycles. The second-order valence-corrected chi connectivity index (χ2v) is 3.83. The van der Waals surface area contributed by atoms with Crippen molar-refractivity contribution in [3.05, 3.63) is 29.6 Å². The van der Waals surface area contributed by atoms with Crippen molar-refractivity contribution in [2.75, 3.05) is 26.8 Å². The maximum absolute atomic E-state index is 13.7. The van der Waals surface area contributed by atoms with E-state index in [0.29, 0.717) is 6.54 Å². The Morgan fingerprint density at radius 1 is 1.44 bits per heavy atom. The van der Waals surface area contributed by atoms with Gasteiger partial charge in [0.2, 0.25) is 0 Å². The molecule has 0 aliphatic rings. The van der Waals surface area contributed by atoms with Crippen LogP contribution in [0.4, 0.5) is 4.39 Å². The number of nitrogens with zero attached hydrogens (tertiary/aromatic N) is 1. The number of ether oxygens (including phenoxy) is 1. The Morgan fingerprint density at radius 2 is 2.17 bits per heavy atom. The van der Waals surface area contributed by atoms with E-state index >= 15 is 0 Å². The molecule has 0 aromatic heterocycles. The number of benzene rings is 1. The van der Waals surface area contributed by atoms with E-state index in [-0.39, 0.29) is 24.5 Å². The molecular weight excluding hydrogens is 237 g/mol. The largest absolute Gasteiger partial charge is 0.496 e. The first-order chi connectivity index (χ1) is 8.65. The van der Waals surface area contributed by atoms with Gasteiger partial charge in [-0.05, 0) is 18.6 Å². The minimum absolute atomic E-state index is 0.0816. The zero-order valence-electron chi connectivity index (χ0n) is 10.6. The molecule has 0 unspecified atom stereocenters. The first-order valence-electron chi connectivity index (χ1n) is 5.88. The molecular formula is C13H18FNO3. The molecule has 0 saturated heterocycles. The Bertz CT molecular complexity index is 403. The molecule has 0 heterocycles. The van der Waals surface area contributed by atoms with Gasteiger partial charge in [0, 0.05) is 13.1 Å². The summed E-state index contributed by atoms with van der Waals surface area (Å²) in [6.07, 6.45) is 0.739. The van der Waals surface area contributed by atoms with Crippen LogP contribution in [0.25, 0.3) is 0 Å². The fraction of sp³-hybridized carbons (Fsp3) is 0.462. The molecule has 0 fully saturated rings. The lowest BCUT2D eigenvalue weighted by Gasteiger charge is -2.22. The van der Waals surface area contributed by atoms with Crippen molar-refractivity contribution in [1.29, 1.82) is 0 Å². The topological polar surface area (TPSA) is 49.8 Å². The van der Waals surface area contributed by atoms with E-state index in [4.69, 9.17) is 9.84 Å². The third-order valence-corrected chi connectivity index (χ3v) is 2.56. The first-order valence-corrected chi connectivity index (χ1v) is 5.88. The van der Waals surface area contributed by atoms with E-state index in [1.165, 1.54) is 24.1 Å². The molecule has 0 bridgehead atoms. The van der Waals surface area contributed by atoms with Crippen LogP contribution in [0, 0.1) is 5.82 Å². The second-order valence-electron chi connectivity index (χ2n) is 3.83. The maximum Gasteiger partial charge on any atom is 0.260 e. The summed E-state index contributed by atoms with van der Waals surface area (Å²) in [5, 5.41) is 8.94. The fourth-order valence-corrected chi connectivity index (χ4v) is 1.75. The summed E-state index contributed by atoms with van der Waals surface area (Å²) >= 11 is 0. The molecule has 5 heteroatoms. The Balaban J connectivity index is 3.07. The first kappa shape index (κ1) is 14.4. The second kappa shape index (κ2) is 6.96. The average Bonchev–Trinajstić information content (AvgIpc) is 2.37. The summed E-state index contributed by atoms with van der Waals surface area (Å²) in [5.74, 6) is -0.863. The third kappa shape index (κ3) is 3.20. The van der Waals surface area contributed by atoms with Gasteiger partial charge in [0.05, 0.1) is 13.7 Å². The van der Waals surface area contributed by atoms with Gasteiger partial charge in [0.1, 0.15) is 17.1 Å². The number of rotatable bonds is 6. The highest BCUT2D eigenvalue weighted by Crippen LogP contribution is 2.22. The number of carbonyl (C=O) groups excluding carboxylic acids is 1. The predicted octanol–water partition coefficient (Wildman–Crippen LogP) is 1.68. The number of hydrogen-bond donors (Lipinski definition) is 1. The number of halogens is 1. The van der Waals surface area contributed by atoms with Crippen molar-refractivity contribution in [3.63, 3.8) is 0 Å². The van der Waals surface area contributed by atoms with Gasteiger partial charge in [-0.2, -0.15) is 0 Å². The van der Waals surface area contributed by atoms with Crippen LogP contribution in [-0.2, 0) is 0 Å². The standard InChI is InChI=1S/C13H18FNO3/c1-3-7-15(8-9-16)13(17)12-10(14)5-4-6-11(12)18-2/h4-6,16H,3,7-9H2,1-2H3. The van der Waals surface area contributed by atoms with Crippen molar-refractivity contribution >= 4 is 5.91 Å². The molecule has 1 rings (SSSR count). The number of aliphatic hydroxyl groups excluding tert-OH is 1. The van der Waals surface area contributed by atoms with Crippen molar-refractivity contribution in [3.8, 4) is 5.75 Å². The highest BCUT2D eigenvalue weighted by Gasteiger charge is 2.22. The summed E-state index contributed by atoms with van der Waals surface area (Å²) < 4.78 is 18.7. The zero-order chi connectivity index (χ0) is 13.5. The Kier molecular flexibility index (Phi) is 5.58. The van der Waals surface area contributed by atoms with Crippen LogP contribution in [0.2, 0.25) is 0 Å². The number of hydrogen-bond acceptors (Lipinski definition) is 3. The van der Waals surface area contributed by atoms with Crippen molar-refractivity contribution < 1.29 is 19.0 Å². The van der Waals surface area contributed by atoms with Gasteiger partial charge < -0.3 is 14.7 Å². The summed E-state index contributed by atoms with van der Waals surface area (Å²) in [5.41, 5.74) is -0.0816. The SMILES string of the molecule is CCCN(CCO)C(=O)c1c(F)cccc1OC. The molecule has 0 atom stereocenters. The fourth-order valence-electron chi connectivity index (χ4n) is 1.75. The lowest BCUT2D eigenvalue weighted by molar-refractivity contribution is 0.0713. The molecule has 0 spiro atoms. The highest BCUT2D eigenvalue weighted by atomic mass is 19.1. The van der Waals surface area contributed by atoms with Crippen LogP contribution < -0.4 is 4.74 Å². The van der Waals surface area contributed by atoms with E-state index in [9.17, 15) is 9.18 Å². The molecule has 100 valence electrons. The average molecular weight is 255 g/mol. The highest BCUT2D eigenvalue weighted by molar-refractivity contribution is 5.97. The lowest BCUT2D eigenvalue weighted by Crippen LogP contribution is -2.35. The van der Waals surface area contributed by atoms with Crippen molar-refractivity contribution in [2.45, 2.75) is 13.3 Å². The van der Waals surface area contributed by atoms with E-state index in [2.05, 4.69) is 0 Å². The molecule has 4 nitrogen and oxygen atoms in total. The van der Waals surface area contributed by atoms with Gasteiger partial charge in [-0.25, -0.2) is 4.39 Å². The van der Waals surface area contributed by atoms with Crippen LogP contribution in [0.3, 0.4) is 0 Å². The van der Waals surface area contributed by atoms with E-state index < -0.39 is 11.7 Å². The maximum atomic E-state index is 13.7. The summed E-state index contributed by atoms with van der Waals surface area (Å²) in [4.78, 5) is 13.6. The molecule has 1 amide bonds. The van der Waals surface area contributed by atoms with Crippen LogP contribution in [0.5, 0.6) is 5.75 Å². The smallest absolute Gasteiger partial charge is 0.260 e. The van der Waals surface area contributed by atoms with E-state index in [1.807, 2.05) is 6.92 Å². The van der Waals surface area contributed by atoms with Gasteiger partial charge in [0.25, 0.3) is 5.91 Å². The number of amides is 1. The lowest BCUT2D eigenvalue weighted by atomic mass is 10.1. The third-order valence-electron chi connectivity index (χ3n) is 2.56. The van der Waals surface area contributed by atoms with Gasteiger partial charge in [-0.1, -0.05) is 13.0 Å². The number of aliphatic hydroxyl groups is 1. The minimum atomic E-state index is -0.613. The Morgan fingerprint density at radius 3 is 2.72 bits per heavy atom. The van der Waals surface area contributed by atoms with Crippen molar-refractivity contribution in [2.24, 2.45) is 0 Å². The van der Waals surface area contributed by atoms with Crippen LogP contribution in [0.15, 0.2) is 18.2 Å². The van der Waals surface area contributed by atoms with E-state index in [1.54, 1.807) is 6.07 Å². The van der Waals surface area contributed by atoms with Gasteiger partial charge in [-0.3, -0.25) is 4.79 Å². The van der Waals surface area contributed by atoms with Crippen molar-refractivity contribution in [1.82, 2.24) is 4.90 Å². The molecule has 0 aliphatic carbocycles. The van der Waals surface area contributed by atoms with Crippen LogP contribution >= 0.6 is 0 Å². The molecule has 1 aromatic rings. The molecule has 18 heavy (non-hydrogen) atoms. The normalized spacial score (nSPS) is 10.2. The molecule has 1 N–H and O–H groups in total. The van der Waals surface area contributed by atoms with Gasteiger partial charge in [0.15, 0.2) is 0 Å². The van der Waals surface area contributed by atoms with Gasteiger partial charge in [-0.15, -0.1) is 0 Å².